The number of nitrogens with zero attached hydrogens (tertiary/aromatic N) is 1. The van der Waals surface area contributed by atoms with Crippen LogP contribution >= 0.6 is 11.3 Å². The van der Waals surface area contributed by atoms with Crippen LogP contribution in [0.15, 0.2) is 48.0 Å². The minimum atomic E-state index is 1.28. The first-order chi connectivity index (χ1) is 6.45. The summed E-state index contributed by atoms with van der Waals surface area (Å²) in [5, 5.41) is 3.40. The second-order valence-corrected chi connectivity index (χ2v) is 3.93. The Morgan fingerprint density at radius 1 is 1.00 bits per heavy atom. The molecule has 0 spiro atoms. The van der Waals surface area contributed by atoms with Gasteiger partial charge in [-0.2, -0.15) is 4.40 Å². The molecule has 0 N–H and O–H groups in total. The summed E-state index contributed by atoms with van der Waals surface area (Å²) >= 11 is 1.77. The molecule has 3 aromatic rings. The molecule has 0 fully saturated rings. The average molecular weight is 186 g/mol. The fourth-order valence-electron chi connectivity index (χ4n) is 1.62. The minimum Gasteiger partial charge on any atom is -0.150 e. The summed E-state index contributed by atoms with van der Waals surface area (Å²) < 4.78 is 2.22. The van der Waals surface area contributed by atoms with E-state index in [1.807, 2.05) is 0 Å². The van der Waals surface area contributed by atoms with Crippen molar-refractivity contribution >= 4 is 27.1 Å². The van der Waals surface area contributed by atoms with E-state index < -0.39 is 0 Å². The lowest BCUT2D eigenvalue weighted by atomic mass is 10.2. The first-order valence-electron chi connectivity index (χ1n) is 4.22. The van der Waals surface area contributed by atoms with Gasteiger partial charge in [0.15, 0.2) is 6.20 Å². The fourth-order valence-corrected chi connectivity index (χ4v) is 2.36. The Morgan fingerprint density at radius 3 is 2.92 bits per heavy atom. The molecule has 0 aliphatic carbocycles. The van der Waals surface area contributed by atoms with Gasteiger partial charge in [-0.3, -0.25) is 0 Å². The van der Waals surface area contributed by atoms with Crippen LogP contribution in [0, 0.1) is 0 Å². The lowest BCUT2D eigenvalue weighted by Crippen LogP contribution is -2.17. The van der Waals surface area contributed by atoms with Crippen LogP contribution in [0.25, 0.3) is 15.7 Å². The number of pyridine rings is 1. The van der Waals surface area contributed by atoms with Gasteiger partial charge in [0.1, 0.15) is 0 Å². The van der Waals surface area contributed by atoms with E-state index in [0.717, 1.165) is 0 Å². The Morgan fingerprint density at radius 2 is 1.92 bits per heavy atom. The van der Waals surface area contributed by atoms with Crippen LogP contribution < -0.4 is 4.40 Å². The maximum Gasteiger partial charge on any atom is 0.267 e. The molecule has 2 heterocycles. The van der Waals surface area contributed by atoms with Gasteiger partial charge < -0.3 is 0 Å². The van der Waals surface area contributed by atoms with E-state index in [1.165, 1.54) is 15.7 Å². The number of benzene rings is 1. The van der Waals surface area contributed by atoms with Gasteiger partial charge in [-0.1, -0.05) is 23.5 Å². The van der Waals surface area contributed by atoms with Crippen LogP contribution in [0.2, 0.25) is 0 Å². The number of hydrogen-bond donors (Lipinski definition) is 0. The fraction of sp³-hybridized carbons (Fsp3) is 0. The van der Waals surface area contributed by atoms with Gasteiger partial charge in [0, 0.05) is 17.5 Å². The van der Waals surface area contributed by atoms with Crippen LogP contribution in [0.5, 0.6) is 0 Å². The standard InChI is InChI=1S/C11H8NS/c1-2-4-10-9(3-1)5-6-11-12(10)7-8-13-11/h1-8H/q+1. The van der Waals surface area contributed by atoms with Crippen LogP contribution in [-0.4, -0.2) is 0 Å². The van der Waals surface area contributed by atoms with Crippen molar-refractivity contribution in [3.8, 4) is 0 Å². The molecule has 0 aliphatic rings. The van der Waals surface area contributed by atoms with E-state index in [1.54, 1.807) is 11.3 Å². The zero-order valence-corrected chi connectivity index (χ0v) is 7.79. The number of fused-ring (bicyclic) bond motifs is 3. The molecule has 0 bridgehead atoms. The van der Waals surface area contributed by atoms with E-state index in [-0.39, 0.29) is 0 Å². The van der Waals surface area contributed by atoms with Crippen LogP contribution in [0.4, 0.5) is 0 Å². The molecule has 0 radical (unpaired) electrons. The highest BCUT2D eigenvalue weighted by atomic mass is 32.1. The molecular weight excluding hydrogens is 178 g/mol. The van der Waals surface area contributed by atoms with Gasteiger partial charge in [0.2, 0.25) is 5.52 Å². The molecule has 1 aromatic carbocycles. The molecule has 13 heavy (non-hydrogen) atoms. The normalized spacial score (nSPS) is 11.1. The van der Waals surface area contributed by atoms with Crippen molar-refractivity contribution in [1.29, 1.82) is 0 Å². The third-order valence-electron chi connectivity index (χ3n) is 2.24. The van der Waals surface area contributed by atoms with Crippen molar-refractivity contribution in [2.24, 2.45) is 0 Å². The van der Waals surface area contributed by atoms with E-state index in [4.69, 9.17) is 0 Å². The van der Waals surface area contributed by atoms with E-state index >= 15 is 0 Å². The summed E-state index contributed by atoms with van der Waals surface area (Å²) in [7, 11) is 0. The van der Waals surface area contributed by atoms with Crippen LogP contribution in [-0.2, 0) is 0 Å². The highest BCUT2D eigenvalue weighted by Crippen LogP contribution is 2.13. The number of thiazole rings is 1. The summed E-state index contributed by atoms with van der Waals surface area (Å²) in [5.41, 5.74) is 1.28. The second-order valence-electron chi connectivity index (χ2n) is 3.00. The summed E-state index contributed by atoms with van der Waals surface area (Å²) in [6.45, 7) is 0. The van der Waals surface area contributed by atoms with E-state index in [9.17, 15) is 0 Å². The van der Waals surface area contributed by atoms with Crippen LogP contribution in [0.3, 0.4) is 0 Å². The maximum atomic E-state index is 2.22. The molecule has 0 saturated heterocycles. The molecule has 0 aliphatic heterocycles. The Kier molecular flexibility index (Phi) is 1.37. The lowest BCUT2D eigenvalue weighted by molar-refractivity contribution is -0.476. The number of hydrogen-bond acceptors (Lipinski definition) is 1. The molecular formula is C11H8NS+. The number of aromatic nitrogens is 1. The van der Waals surface area contributed by atoms with Crippen molar-refractivity contribution < 1.29 is 4.40 Å². The smallest absolute Gasteiger partial charge is 0.150 e. The molecule has 2 heteroatoms. The monoisotopic (exact) mass is 186 g/mol. The highest BCUT2D eigenvalue weighted by Gasteiger charge is 2.07. The van der Waals surface area contributed by atoms with Gasteiger partial charge in [-0.05, 0) is 12.1 Å². The highest BCUT2D eigenvalue weighted by molar-refractivity contribution is 7.14. The second kappa shape index (κ2) is 2.54. The zero-order valence-electron chi connectivity index (χ0n) is 6.97. The molecule has 62 valence electrons. The van der Waals surface area contributed by atoms with Gasteiger partial charge in [-0.25, -0.2) is 0 Å². The third kappa shape index (κ3) is 0.956. The largest absolute Gasteiger partial charge is 0.267 e. The first kappa shape index (κ1) is 7.04. The molecule has 2 aromatic heterocycles. The molecule has 0 saturated carbocycles. The van der Waals surface area contributed by atoms with Crippen LogP contribution in [0.1, 0.15) is 0 Å². The predicted molar refractivity (Wildman–Crippen MR) is 55.0 cm³/mol. The summed E-state index contributed by atoms with van der Waals surface area (Å²) in [4.78, 5) is 1.29. The Balaban J connectivity index is 2.65. The van der Waals surface area contributed by atoms with E-state index in [0.29, 0.717) is 0 Å². The van der Waals surface area contributed by atoms with Gasteiger partial charge in [-0.15, -0.1) is 0 Å². The Hall–Kier alpha value is -1.41. The molecule has 0 unspecified atom stereocenters. The van der Waals surface area contributed by atoms with Crippen molar-refractivity contribution in [2.45, 2.75) is 0 Å². The number of rotatable bonds is 0. The van der Waals surface area contributed by atoms with Crippen molar-refractivity contribution in [1.82, 2.24) is 0 Å². The zero-order chi connectivity index (χ0) is 8.67. The van der Waals surface area contributed by atoms with Crippen molar-refractivity contribution in [2.75, 3.05) is 0 Å². The number of para-hydroxylation sites is 1. The summed E-state index contributed by atoms with van der Waals surface area (Å²) in [6.07, 6.45) is 2.11. The molecule has 0 amide bonds. The average Bonchev–Trinajstić information content (AvgIpc) is 2.65. The Bertz CT molecular complexity index is 568. The topological polar surface area (TPSA) is 4.10 Å². The molecule has 3 rings (SSSR count). The van der Waals surface area contributed by atoms with E-state index in [2.05, 4.69) is 52.4 Å². The third-order valence-corrected chi connectivity index (χ3v) is 3.07. The predicted octanol–water partition coefficient (Wildman–Crippen LogP) is 2.64. The quantitative estimate of drug-likeness (QED) is 0.475. The Labute approximate surface area is 79.9 Å². The minimum absolute atomic E-state index is 1.28. The first-order valence-corrected chi connectivity index (χ1v) is 5.10. The van der Waals surface area contributed by atoms with Crippen molar-refractivity contribution in [3.05, 3.63) is 48.0 Å². The summed E-state index contributed by atoms with van der Waals surface area (Å²) in [5.74, 6) is 0. The SMILES string of the molecule is c1ccc2c(c1)ccc1scc[n+]12. The summed E-state index contributed by atoms with van der Waals surface area (Å²) in [6, 6.07) is 12.8. The lowest BCUT2D eigenvalue weighted by Gasteiger charge is -1.90. The molecule has 0 atom stereocenters. The van der Waals surface area contributed by atoms with Crippen molar-refractivity contribution in [3.63, 3.8) is 0 Å². The molecule has 1 nitrogen and oxygen atoms in total. The maximum absolute atomic E-state index is 2.22. The van der Waals surface area contributed by atoms with Gasteiger partial charge >= 0.3 is 0 Å². The van der Waals surface area contributed by atoms with Gasteiger partial charge in [0.05, 0.1) is 5.38 Å². The van der Waals surface area contributed by atoms with Gasteiger partial charge in [0.25, 0.3) is 4.83 Å².